The third-order valence-corrected chi connectivity index (χ3v) is 11.7. The number of piperidine rings is 2. The first kappa shape index (κ1) is 34.0. The lowest BCUT2D eigenvalue weighted by Crippen LogP contribution is -2.26. The van der Waals surface area contributed by atoms with Gasteiger partial charge in [-0.1, -0.05) is 90.1 Å². The van der Waals surface area contributed by atoms with Gasteiger partial charge in [-0.15, -0.1) is 22.7 Å². The van der Waals surface area contributed by atoms with Crippen LogP contribution >= 0.6 is 22.7 Å². The number of hydrogen-bond donors (Lipinski definition) is 2. The van der Waals surface area contributed by atoms with Crippen molar-refractivity contribution in [3.05, 3.63) is 102 Å². The molecule has 0 bridgehead atoms. The maximum Gasteiger partial charge on any atom is 0.0974 e. The summed E-state index contributed by atoms with van der Waals surface area (Å²) in [5.41, 5.74) is 7.21. The van der Waals surface area contributed by atoms with Gasteiger partial charge < -0.3 is 10.6 Å². The van der Waals surface area contributed by atoms with E-state index in [1.807, 2.05) is 22.7 Å². The van der Waals surface area contributed by atoms with Gasteiger partial charge in [0.1, 0.15) is 0 Å². The first-order chi connectivity index (χ1) is 21.5. The molecule has 0 aliphatic carbocycles. The predicted octanol–water partition coefficient (Wildman–Crippen LogP) is 9.31. The lowest BCUT2D eigenvalue weighted by Gasteiger charge is -2.21. The SMILES string of the molecule is CC(C)(C)c1ccc(Cc2ncc(C3CCNCC3)s2)cc1.Cc1nc(Cc2ccc(C(C)(C)C)cc2)sc1C1CCNCC1. The number of nitrogens with one attached hydrogen (secondary N) is 2. The summed E-state index contributed by atoms with van der Waals surface area (Å²) in [6, 6.07) is 18.1. The van der Waals surface area contributed by atoms with Gasteiger partial charge in [-0.2, -0.15) is 0 Å². The molecule has 2 aromatic carbocycles. The van der Waals surface area contributed by atoms with Crippen LogP contribution in [0.25, 0.3) is 0 Å². The van der Waals surface area contributed by atoms with E-state index in [0.717, 1.165) is 44.9 Å². The number of rotatable bonds is 6. The molecule has 2 N–H and O–H groups in total. The lowest BCUT2D eigenvalue weighted by molar-refractivity contribution is 0.463. The summed E-state index contributed by atoms with van der Waals surface area (Å²) in [7, 11) is 0. The highest BCUT2D eigenvalue weighted by molar-refractivity contribution is 7.12. The molecule has 4 nitrogen and oxygen atoms in total. The fourth-order valence-corrected chi connectivity index (χ4v) is 8.69. The Kier molecular flexibility index (Phi) is 11.3. The van der Waals surface area contributed by atoms with Crippen LogP contribution in [0, 0.1) is 6.92 Å². The Bertz CT molecular complexity index is 1470. The summed E-state index contributed by atoms with van der Waals surface area (Å²) in [4.78, 5) is 12.5. The molecule has 0 unspecified atom stereocenters. The van der Waals surface area contributed by atoms with Crippen molar-refractivity contribution in [2.24, 2.45) is 0 Å². The second kappa shape index (κ2) is 15.0. The van der Waals surface area contributed by atoms with Gasteiger partial charge in [0.25, 0.3) is 0 Å². The van der Waals surface area contributed by atoms with Gasteiger partial charge in [0.15, 0.2) is 0 Å². The molecule has 45 heavy (non-hydrogen) atoms. The van der Waals surface area contributed by atoms with Crippen LogP contribution in [0.5, 0.6) is 0 Å². The van der Waals surface area contributed by atoms with Gasteiger partial charge in [0, 0.05) is 28.8 Å². The molecular formula is C39H54N4S2. The van der Waals surface area contributed by atoms with Crippen LogP contribution in [0.4, 0.5) is 0 Å². The molecule has 0 saturated carbocycles. The molecule has 4 heterocycles. The summed E-state index contributed by atoms with van der Waals surface area (Å²) in [5, 5.41) is 9.40. The summed E-state index contributed by atoms with van der Waals surface area (Å²) in [5.74, 6) is 1.43. The van der Waals surface area contributed by atoms with Crippen LogP contribution in [0.2, 0.25) is 0 Å². The van der Waals surface area contributed by atoms with E-state index in [0.29, 0.717) is 5.92 Å². The van der Waals surface area contributed by atoms with E-state index in [1.165, 1.54) is 73.4 Å². The van der Waals surface area contributed by atoms with Crippen LogP contribution in [-0.2, 0) is 23.7 Å². The molecular weight excluding hydrogens is 589 g/mol. The van der Waals surface area contributed by atoms with Crippen LogP contribution in [0.3, 0.4) is 0 Å². The molecule has 4 aromatic rings. The summed E-state index contributed by atoms with van der Waals surface area (Å²) in [6.45, 7) is 20.3. The molecule has 2 aliphatic heterocycles. The predicted molar refractivity (Wildman–Crippen MR) is 195 cm³/mol. The average Bonchev–Trinajstić information content (AvgIpc) is 3.64. The Labute approximate surface area is 280 Å². The Morgan fingerprint density at radius 1 is 0.644 bits per heavy atom. The van der Waals surface area contributed by atoms with Crippen molar-refractivity contribution >= 4 is 22.7 Å². The van der Waals surface area contributed by atoms with Crippen molar-refractivity contribution in [1.29, 1.82) is 0 Å². The minimum absolute atomic E-state index is 0.221. The largest absolute Gasteiger partial charge is 0.317 e. The van der Waals surface area contributed by atoms with Gasteiger partial charge in [-0.3, -0.25) is 0 Å². The van der Waals surface area contributed by atoms with Crippen molar-refractivity contribution in [1.82, 2.24) is 20.6 Å². The van der Waals surface area contributed by atoms with E-state index in [1.54, 1.807) is 0 Å². The lowest BCUT2D eigenvalue weighted by atomic mass is 9.86. The van der Waals surface area contributed by atoms with Crippen molar-refractivity contribution < 1.29 is 0 Å². The first-order valence-corrected chi connectivity index (χ1v) is 18.6. The van der Waals surface area contributed by atoms with Crippen LogP contribution in [-0.4, -0.2) is 36.1 Å². The summed E-state index contributed by atoms with van der Waals surface area (Å²) < 4.78 is 0. The third-order valence-electron chi connectivity index (χ3n) is 9.25. The van der Waals surface area contributed by atoms with Gasteiger partial charge in [0.2, 0.25) is 0 Å². The molecule has 6 heteroatoms. The minimum atomic E-state index is 0.221. The van der Waals surface area contributed by atoms with Gasteiger partial charge in [0.05, 0.1) is 15.7 Å². The third kappa shape index (κ3) is 9.57. The maximum atomic E-state index is 4.85. The number of aryl methyl sites for hydroxylation is 1. The number of thiazole rings is 2. The van der Waals surface area contributed by atoms with Gasteiger partial charge in [-0.05, 0) is 104 Å². The second-order valence-corrected chi connectivity index (χ2v) is 17.3. The van der Waals surface area contributed by atoms with Gasteiger partial charge >= 0.3 is 0 Å². The average molecular weight is 643 g/mol. The van der Waals surface area contributed by atoms with E-state index >= 15 is 0 Å². The highest BCUT2D eigenvalue weighted by Gasteiger charge is 2.21. The first-order valence-electron chi connectivity index (χ1n) is 17.0. The van der Waals surface area contributed by atoms with Gasteiger partial charge in [-0.25, -0.2) is 9.97 Å². The molecule has 2 aromatic heterocycles. The van der Waals surface area contributed by atoms with Crippen LogP contribution < -0.4 is 10.6 Å². The molecule has 2 aliphatic rings. The molecule has 0 amide bonds. The van der Waals surface area contributed by atoms with Crippen molar-refractivity contribution in [3.8, 4) is 0 Å². The highest BCUT2D eigenvalue weighted by Crippen LogP contribution is 2.34. The summed E-state index contributed by atoms with van der Waals surface area (Å²) in [6.07, 6.45) is 9.04. The molecule has 0 spiro atoms. The Morgan fingerprint density at radius 3 is 1.60 bits per heavy atom. The molecule has 0 radical (unpaired) electrons. The van der Waals surface area contributed by atoms with E-state index < -0.39 is 0 Å². The molecule has 6 rings (SSSR count). The monoisotopic (exact) mass is 642 g/mol. The molecule has 0 atom stereocenters. The molecule has 2 saturated heterocycles. The van der Waals surface area contributed by atoms with E-state index in [2.05, 4.69) is 119 Å². The Morgan fingerprint density at radius 2 is 1.11 bits per heavy atom. The van der Waals surface area contributed by atoms with Crippen LogP contribution in [0.1, 0.15) is 127 Å². The maximum absolute atomic E-state index is 4.85. The summed E-state index contributed by atoms with van der Waals surface area (Å²) >= 11 is 3.84. The highest BCUT2D eigenvalue weighted by atomic mass is 32.1. The molecule has 242 valence electrons. The minimum Gasteiger partial charge on any atom is -0.317 e. The standard InChI is InChI=1S/C20H28N2S.C19H26N2S/c1-14-19(16-9-11-21-12-10-16)23-18(22-14)13-15-5-7-17(8-6-15)20(2,3)4;1-19(2,3)16-6-4-14(5-7-16)12-18-21-13-17(22-18)15-8-10-20-11-9-15/h5-8,16,21H,9-13H2,1-4H3;4-7,13,15,20H,8-12H2,1-3H3. The second-order valence-electron chi connectivity index (χ2n) is 15.0. The van der Waals surface area contributed by atoms with E-state index in [9.17, 15) is 0 Å². The number of nitrogens with zero attached hydrogens (tertiary/aromatic N) is 2. The zero-order valence-electron chi connectivity index (χ0n) is 28.6. The topological polar surface area (TPSA) is 49.8 Å². The van der Waals surface area contributed by atoms with E-state index in [4.69, 9.17) is 4.98 Å². The van der Waals surface area contributed by atoms with Crippen molar-refractivity contribution in [2.45, 2.75) is 110 Å². The van der Waals surface area contributed by atoms with E-state index in [-0.39, 0.29) is 10.8 Å². The Hall–Kier alpha value is -2.38. The normalized spacial score (nSPS) is 16.8. The molecule has 2 fully saturated rings. The smallest absolute Gasteiger partial charge is 0.0974 e. The van der Waals surface area contributed by atoms with Crippen LogP contribution in [0.15, 0.2) is 54.7 Å². The quantitative estimate of drug-likeness (QED) is 0.220. The van der Waals surface area contributed by atoms with Crippen molar-refractivity contribution in [3.63, 3.8) is 0 Å². The number of hydrogen-bond acceptors (Lipinski definition) is 6. The fourth-order valence-electron chi connectivity index (χ4n) is 6.30. The number of aromatic nitrogens is 2. The van der Waals surface area contributed by atoms with Crippen molar-refractivity contribution in [2.75, 3.05) is 26.2 Å². The number of benzene rings is 2. The zero-order chi connectivity index (χ0) is 32.0. The zero-order valence-corrected chi connectivity index (χ0v) is 30.3. The Balaban J connectivity index is 0.000000178. The fraction of sp³-hybridized carbons (Fsp3) is 0.538.